The number of hydrogen-bond acceptors (Lipinski definition) is 2. The van der Waals surface area contributed by atoms with Crippen LogP contribution < -0.4 is 5.73 Å². The summed E-state index contributed by atoms with van der Waals surface area (Å²) in [5.74, 6) is -0.309. The van der Waals surface area contributed by atoms with Gasteiger partial charge in [-0.2, -0.15) is 0 Å². The fourth-order valence-electron chi connectivity index (χ4n) is 1.14. The molecule has 1 aromatic rings. The number of hydrogen-bond donors (Lipinski definition) is 1. The number of carbonyl (C=O) groups excluding carboxylic acids is 1. The van der Waals surface area contributed by atoms with Gasteiger partial charge in [-0.25, -0.2) is 4.39 Å². The van der Waals surface area contributed by atoms with Crippen LogP contribution in [0, 0.1) is 5.82 Å². The molecule has 0 heterocycles. The van der Waals surface area contributed by atoms with Gasteiger partial charge in [0.05, 0.1) is 0 Å². The maximum atomic E-state index is 12.5. The number of halogens is 1. The predicted octanol–water partition coefficient (Wildman–Crippen LogP) is 2.14. The highest BCUT2D eigenvalue weighted by atomic mass is 19.1. The van der Waals surface area contributed by atoms with E-state index in [9.17, 15) is 9.18 Å². The van der Waals surface area contributed by atoms with Crippen molar-refractivity contribution in [3.05, 3.63) is 35.6 Å². The number of Topliss-reactive ketones (excluding diaryl/α,β-unsaturated/α-hetero) is 1. The summed E-state index contributed by atoms with van der Waals surface area (Å²) < 4.78 is 12.5. The zero-order valence-corrected chi connectivity index (χ0v) is 8.16. The third-order valence-corrected chi connectivity index (χ3v) is 1.99. The van der Waals surface area contributed by atoms with Gasteiger partial charge in [-0.15, -0.1) is 0 Å². The Labute approximate surface area is 82.9 Å². The molecular weight excluding hydrogens is 181 g/mol. The van der Waals surface area contributed by atoms with Crippen LogP contribution in [0.3, 0.4) is 0 Å². The first-order valence-electron chi connectivity index (χ1n) is 4.64. The second kappa shape index (κ2) is 4.86. The van der Waals surface area contributed by atoms with Crippen LogP contribution in [-0.4, -0.2) is 11.8 Å². The minimum atomic E-state index is -0.325. The van der Waals surface area contributed by atoms with Gasteiger partial charge in [0.1, 0.15) is 5.82 Å². The van der Waals surface area contributed by atoms with E-state index in [0.717, 1.165) is 0 Å². The number of carbonyl (C=O) groups is 1. The topological polar surface area (TPSA) is 43.1 Å². The minimum absolute atomic E-state index is 0.0160. The van der Waals surface area contributed by atoms with Crippen LogP contribution in [0.15, 0.2) is 24.3 Å². The smallest absolute Gasteiger partial charge is 0.162 e. The van der Waals surface area contributed by atoms with Gasteiger partial charge in [-0.3, -0.25) is 4.79 Å². The molecule has 0 unspecified atom stereocenters. The molecule has 0 aromatic heterocycles. The molecule has 0 aliphatic carbocycles. The Morgan fingerprint density at radius 2 is 2.00 bits per heavy atom. The van der Waals surface area contributed by atoms with E-state index in [1.165, 1.54) is 24.3 Å². The third kappa shape index (κ3) is 3.26. The Balaban J connectivity index is 2.57. The lowest BCUT2D eigenvalue weighted by Gasteiger charge is -2.03. The molecular formula is C11H14FNO. The molecule has 0 fully saturated rings. The molecule has 1 rings (SSSR count). The van der Waals surface area contributed by atoms with Crippen molar-refractivity contribution in [2.24, 2.45) is 5.73 Å². The molecule has 0 aliphatic heterocycles. The summed E-state index contributed by atoms with van der Waals surface area (Å²) in [5, 5.41) is 0. The Hall–Kier alpha value is -1.22. The summed E-state index contributed by atoms with van der Waals surface area (Å²) in [6.45, 7) is 1.86. The quantitative estimate of drug-likeness (QED) is 0.748. The molecule has 0 saturated heterocycles. The Morgan fingerprint density at radius 3 is 2.50 bits per heavy atom. The number of benzene rings is 1. The molecule has 3 heteroatoms. The van der Waals surface area contributed by atoms with Crippen molar-refractivity contribution in [3.8, 4) is 0 Å². The van der Waals surface area contributed by atoms with Crippen LogP contribution in [0.25, 0.3) is 0 Å². The number of rotatable bonds is 4. The Kier molecular flexibility index (Phi) is 3.77. The molecule has 2 nitrogen and oxygen atoms in total. The normalized spacial score (nSPS) is 12.5. The summed E-state index contributed by atoms with van der Waals surface area (Å²) in [7, 11) is 0. The number of nitrogens with two attached hydrogens (primary N) is 1. The van der Waals surface area contributed by atoms with Crippen LogP contribution in [0.4, 0.5) is 4.39 Å². The van der Waals surface area contributed by atoms with E-state index in [1.807, 2.05) is 6.92 Å². The van der Waals surface area contributed by atoms with Gasteiger partial charge in [0.15, 0.2) is 5.78 Å². The molecule has 0 radical (unpaired) electrons. The molecule has 1 atom stereocenters. The molecule has 1 aromatic carbocycles. The van der Waals surface area contributed by atoms with Crippen LogP contribution in [0.5, 0.6) is 0 Å². The fourth-order valence-corrected chi connectivity index (χ4v) is 1.14. The highest BCUT2D eigenvalue weighted by Crippen LogP contribution is 2.07. The maximum absolute atomic E-state index is 12.5. The Bertz CT molecular complexity index is 306. The molecule has 0 saturated carbocycles. The van der Waals surface area contributed by atoms with E-state index in [-0.39, 0.29) is 17.6 Å². The maximum Gasteiger partial charge on any atom is 0.162 e. The molecule has 0 spiro atoms. The zero-order chi connectivity index (χ0) is 10.6. The summed E-state index contributed by atoms with van der Waals surface area (Å²) in [6, 6.07) is 5.61. The van der Waals surface area contributed by atoms with E-state index < -0.39 is 0 Å². The summed E-state index contributed by atoms with van der Waals surface area (Å²) in [5.41, 5.74) is 6.08. The van der Waals surface area contributed by atoms with Gasteiger partial charge in [0, 0.05) is 18.0 Å². The van der Waals surface area contributed by atoms with E-state index in [2.05, 4.69) is 0 Å². The van der Waals surface area contributed by atoms with Gasteiger partial charge in [0.25, 0.3) is 0 Å². The van der Waals surface area contributed by atoms with Crippen LogP contribution in [0.2, 0.25) is 0 Å². The minimum Gasteiger partial charge on any atom is -0.328 e. The lowest BCUT2D eigenvalue weighted by Crippen LogP contribution is -2.16. The van der Waals surface area contributed by atoms with Crippen molar-refractivity contribution in [2.45, 2.75) is 25.8 Å². The highest BCUT2D eigenvalue weighted by Gasteiger charge is 2.06. The molecule has 0 bridgehead atoms. The van der Waals surface area contributed by atoms with Gasteiger partial charge < -0.3 is 5.73 Å². The van der Waals surface area contributed by atoms with Crippen LogP contribution >= 0.6 is 0 Å². The van der Waals surface area contributed by atoms with E-state index in [1.54, 1.807) is 0 Å². The van der Waals surface area contributed by atoms with Crippen LogP contribution in [-0.2, 0) is 0 Å². The second-order valence-electron chi connectivity index (χ2n) is 3.45. The largest absolute Gasteiger partial charge is 0.328 e. The molecule has 0 aliphatic rings. The highest BCUT2D eigenvalue weighted by molar-refractivity contribution is 5.95. The average Bonchev–Trinajstić information content (AvgIpc) is 2.15. The van der Waals surface area contributed by atoms with E-state index in [4.69, 9.17) is 5.73 Å². The predicted molar refractivity (Wildman–Crippen MR) is 53.6 cm³/mol. The third-order valence-electron chi connectivity index (χ3n) is 1.99. The zero-order valence-electron chi connectivity index (χ0n) is 8.16. The first-order valence-corrected chi connectivity index (χ1v) is 4.64. The molecule has 14 heavy (non-hydrogen) atoms. The van der Waals surface area contributed by atoms with Gasteiger partial charge in [-0.05, 0) is 37.6 Å². The summed E-state index contributed by atoms with van der Waals surface area (Å²) in [4.78, 5) is 11.5. The second-order valence-corrected chi connectivity index (χ2v) is 3.45. The first-order chi connectivity index (χ1) is 6.59. The van der Waals surface area contributed by atoms with Crippen molar-refractivity contribution >= 4 is 5.78 Å². The van der Waals surface area contributed by atoms with Crippen molar-refractivity contribution in [3.63, 3.8) is 0 Å². The first kappa shape index (κ1) is 10.9. The number of ketones is 1. The van der Waals surface area contributed by atoms with Gasteiger partial charge in [0.2, 0.25) is 0 Å². The lowest BCUT2D eigenvalue weighted by atomic mass is 10.0. The standard InChI is InChI=1S/C11H14FNO/c1-8(13)2-7-11(14)9-3-5-10(12)6-4-9/h3-6,8H,2,7,13H2,1H3/t8-/m0/s1. The van der Waals surface area contributed by atoms with Crippen LogP contribution in [0.1, 0.15) is 30.1 Å². The van der Waals surface area contributed by atoms with Crippen molar-refractivity contribution < 1.29 is 9.18 Å². The van der Waals surface area contributed by atoms with Gasteiger partial charge in [-0.1, -0.05) is 0 Å². The van der Waals surface area contributed by atoms with Crippen molar-refractivity contribution in [2.75, 3.05) is 0 Å². The van der Waals surface area contributed by atoms with Crippen molar-refractivity contribution in [1.29, 1.82) is 0 Å². The van der Waals surface area contributed by atoms with E-state index in [0.29, 0.717) is 18.4 Å². The fraction of sp³-hybridized carbons (Fsp3) is 0.364. The van der Waals surface area contributed by atoms with E-state index >= 15 is 0 Å². The molecule has 76 valence electrons. The lowest BCUT2D eigenvalue weighted by molar-refractivity contribution is 0.0978. The summed E-state index contributed by atoms with van der Waals surface area (Å²) in [6.07, 6.45) is 1.08. The SMILES string of the molecule is C[C@H](N)CCC(=O)c1ccc(F)cc1. The molecule has 0 amide bonds. The average molecular weight is 195 g/mol. The monoisotopic (exact) mass is 195 g/mol. The van der Waals surface area contributed by atoms with Crippen molar-refractivity contribution in [1.82, 2.24) is 0 Å². The summed E-state index contributed by atoms with van der Waals surface area (Å²) >= 11 is 0. The molecule has 2 N–H and O–H groups in total. The Morgan fingerprint density at radius 1 is 1.43 bits per heavy atom. The van der Waals surface area contributed by atoms with Gasteiger partial charge >= 0.3 is 0 Å².